The maximum atomic E-state index is 12.1. The molecule has 20 heavy (non-hydrogen) atoms. The van der Waals surface area contributed by atoms with Crippen molar-refractivity contribution in [3.8, 4) is 11.5 Å². The van der Waals surface area contributed by atoms with Crippen molar-refractivity contribution < 1.29 is 19.5 Å². The fraction of sp³-hybridized carbons (Fsp3) is 0.385. The molecule has 1 aromatic carbocycles. The normalized spacial score (nSPS) is 12.7. The predicted molar refractivity (Wildman–Crippen MR) is 74.5 cm³/mol. The highest BCUT2D eigenvalue weighted by Crippen LogP contribution is 2.30. The van der Waals surface area contributed by atoms with E-state index in [0.29, 0.717) is 17.1 Å². The molecule has 1 unspecified atom stereocenters. The first-order valence-corrected chi connectivity index (χ1v) is 6.01. The Bertz CT molecular complexity index is 502. The van der Waals surface area contributed by atoms with Crippen LogP contribution in [0.2, 0.25) is 0 Å². The molecule has 0 aromatic heterocycles. The molecular formula is C13H19N3O4. The Labute approximate surface area is 117 Å². The number of amides is 1. The Morgan fingerprint density at radius 1 is 1.45 bits per heavy atom. The second kappa shape index (κ2) is 7.22. The molecule has 0 bridgehead atoms. The SMILES string of the molecule is COc1cccc(C(=O)NCC(C)C(N)=NO)c1OC. The highest BCUT2D eigenvalue weighted by Gasteiger charge is 2.17. The second-order valence-corrected chi connectivity index (χ2v) is 4.18. The number of carbonyl (C=O) groups is 1. The van der Waals surface area contributed by atoms with Crippen LogP contribution in [0.15, 0.2) is 23.4 Å². The van der Waals surface area contributed by atoms with E-state index in [1.54, 1.807) is 25.1 Å². The van der Waals surface area contributed by atoms with Gasteiger partial charge >= 0.3 is 0 Å². The number of amidine groups is 1. The van der Waals surface area contributed by atoms with Gasteiger partial charge in [0.05, 0.1) is 19.8 Å². The molecule has 4 N–H and O–H groups in total. The average molecular weight is 281 g/mol. The van der Waals surface area contributed by atoms with Crippen LogP contribution in [0.1, 0.15) is 17.3 Å². The molecule has 1 amide bonds. The number of ether oxygens (including phenoxy) is 2. The Hall–Kier alpha value is -2.44. The quantitative estimate of drug-likeness (QED) is 0.310. The van der Waals surface area contributed by atoms with Crippen LogP contribution in [0, 0.1) is 5.92 Å². The topological polar surface area (TPSA) is 106 Å². The van der Waals surface area contributed by atoms with Crippen molar-refractivity contribution in [1.29, 1.82) is 0 Å². The van der Waals surface area contributed by atoms with Crippen molar-refractivity contribution >= 4 is 11.7 Å². The number of nitrogens with one attached hydrogen (secondary N) is 1. The minimum absolute atomic E-state index is 0.0582. The van der Waals surface area contributed by atoms with E-state index in [9.17, 15) is 4.79 Å². The molecular weight excluding hydrogens is 262 g/mol. The summed E-state index contributed by atoms with van der Waals surface area (Å²) in [7, 11) is 2.97. The van der Waals surface area contributed by atoms with Crippen LogP contribution in [0.3, 0.4) is 0 Å². The van der Waals surface area contributed by atoms with Crippen molar-refractivity contribution in [3.05, 3.63) is 23.8 Å². The van der Waals surface area contributed by atoms with E-state index in [-0.39, 0.29) is 24.2 Å². The third-order valence-corrected chi connectivity index (χ3v) is 2.84. The minimum atomic E-state index is -0.321. The molecule has 0 saturated carbocycles. The first kappa shape index (κ1) is 15.6. The van der Waals surface area contributed by atoms with E-state index < -0.39 is 0 Å². The van der Waals surface area contributed by atoms with E-state index in [2.05, 4.69) is 10.5 Å². The van der Waals surface area contributed by atoms with E-state index in [1.807, 2.05) is 0 Å². The summed E-state index contributed by atoms with van der Waals surface area (Å²) >= 11 is 0. The van der Waals surface area contributed by atoms with Crippen LogP contribution in [0.5, 0.6) is 11.5 Å². The third-order valence-electron chi connectivity index (χ3n) is 2.84. The first-order chi connectivity index (χ1) is 9.54. The molecule has 7 heteroatoms. The zero-order chi connectivity index (χ0) is 15.1. The van der Waals surface area contributed by atoms with Gasteiger partial charge < -0.3 is 25.7 Å². The number of rotatable bonds is 6. The number of nitrogens with zero attached hydrogens (tertiary/aromatic N) is 1. The van der Waals surface area contributed by atoms with Crippen LogP contribution in [0.4, 0.5) is 0 Å². The second-order valence-electron chi connectivity index (χ2n) is 4.18. The average Bonchev–Trinajstić information content (AvgIpc) is 2.50. The molecule has 0 aliphatic heterocycles. The van der Waals surface area contributed by atoms with Gasteiger partial charge in [-0.15, -0.1) is 0 Å². The van der Waals surface area contributed by atoms with Gasteiger partial charge in [0, 0.05) is 12.5 Å². The number of hydrogen-bond donors (Lipinski definition) is 3. The van der Waals surface area contributed by atoms with Gasteiger partial charge in [-0.25, -0.2) is 0 Å². The number of para-hydroxylation sites is 1. The molecule has 1 rings (SSSR count). The molecule has 0 saturated heterocycles. The summed E-state index contributed by atoms with van der Waals surface area (Å²) < 4.78 is 10.3. The fourth-order valence-corrected chi connectivity index (χ4v) is 1.61. The van der Waals surface area contributed by atoms with Gasteiger partial charge in [-0.1, -0.05) is 18.1 Å². The zero-order valence-corrected chi connectivity index (χ0v) is 11.7. The summed E-state index contributed by atoms with van der Waals surface area (Å²) in [4.78, 5) is 12.1. The maximum absolute atomic E-state index is 12.1. The number of nitrogens with two attached hydrogens (primary N) is 1. The number of methoxy groups -OCH3 is 2. The lowest BCUT2D eigenvalue weighted by molar-refractivity contribution is 0.0947. The highest BCUT2D eigenvalue weighted by atomic mass is 16.5. The summed E-state index contributed by atoms with van der Waals surface area (Å²) in [6, 6.07) is 5.03. The Kier molecular flexibility index (Phi) is 5.64. The molecule has 0 heterocycles. The predicted octanol–water partition coefficient (Wildman–Crippen LogP) is 0.816. The Morgan fingerprint density at radius 2 is 2.15 bits per heavy atom. The molecule has 7 nitrogen and oxygen atoms in total. The van der Waals surface area contributed by atoms with Gasteiger partial charge in [0.1, 0.15) is 5.84 Å². The van der Waals surface area contributed by atoms with Crippen molar-refractivity contribution in [2.45, 2.75) is 6.92 Å². The summed E-state index contributed by atoms with van der Waals surface area (Å²) in [5, 5.41) is 14.1. The van der Waals surface area contributed by atoms with Crippen LogP contribution < -0.4 is 20.5 Å². The lowest BCUT2D eigenvalue weighted by Crippen LogP contribution is -2.34. The molecule has 0 fully saturated rings. The van der Waals surface area contributed by atoms with Gasteiger partial charge in [-0.2, -0.15) is 0 Å². The molecule has 0 spiro atoms. The van der Waals surface area contributed by atoms with Crippen LogP contribution in [0.25, 0.3) is 0 Å². The smallest absolute Gasteiger partial charge is 0.255 e. The third kappa shape index (κ3) is 3.53. The lowest BCUT2D eigenvalue weighted by Gasteiger charge is -2.14. The van der Waals surface area contributed by atoms with E-state index in [4.69, 9.17) is 20.4 Å². The Morgan fingerprint density at radius 3 is 2.70 bits per heavy atom. The molecule has 0 radical (unpaired) electrons. The van der Waals surface area contributed by atoms with Gasteiger partial charge in [-0.3, -0.25) is 4.79 Å². The van der Waals surface area contributed by atoms with Crippen molar-refractivity contribution in [2.24, 2.45) is 16.8 Å². The summed E-state index contributed by atoms with van der Waals surface area (Å²) in [6.45, 7) is 1.98. The number of hydrogen-bond acceptors (Lipinski definition) is 5. The summed E-state index contributed by atoms with van der Waals surface area (Å²) in [5.74, 6) is 0.301. The number of oxime groups is 1. The monoisotopic (exact) mass is 281 g/mol. The zero-order valence-electron chi connectivity index (χ0n) is 11.7. The molecule has 0 aliphatic carbocycles. The molecule has 110 valence electrons. The van der Waals surface area contributed by atoms with Gasteiger partial charge in [0.25, 0.3) is 5.91 Å². The van der Waals surface area contributed by atoms with Crippen LogP contribution in [-0.4, -0.2) is 37.7 Å². The lowest BCUT2D eigenvalue weighted by atomic mass is 10.1. The van der Waals surface area contributed by atoms with E-state index in [0.717, 1.165) is 0 Å². The van der Waals surface area contributed by atoms with Crippen LogP contribution >= 0.6 is 0 Å². The Balaban J connectivity index is 2.83. The molecule has 1 aromatic rings. The van der Waals surface area contributed by atoms with Gasteiger partial charge in [0.2, 0.25) is 0 Å². The van der Waals surface area contributed by atoms with Gasteiger partial charge in [0.15, 0.2) is 11.5 Å². The van der Waals surface area contributed by atoms with E-state index in [1.165, 1.54) is 14.2 Å². The maximum Gasteiger partial charge on any atom is 0.255 e. The largest absolute Gasteiger partial charge is 0.493 e. The number of benzene rings is 1. The summed E-state index contributed by atoms with van der Waals surface area (Å²) in [5.41, 5.74) is 5.81. The van der Waals surface area contributed by atoms with Crippen molar-refractivity contribution in [1.82, 2.24) is 5.32 Å². The summed E-state index contributed by atoms with van der Waals surface area (Å²) in [6.07, 6.45) is 0. The van der Waals surface area contributed by atoms with E-state index >= 15 is 0 Å². The first-order valence-electron chi connectivity index (χ1n) is 6.01. The molecule has 1 atom stereocenters. The van der Waals surface area contributed by atoms with Crippen molar-refractivity contribution in [2.75, 3.05) is 20.8 Å². The highest BCUT2D eigenvalue weighted by molar-refractivity contribution is 5.98. The standard InChI is InChI=1S/C13H19N3O4/c1-8(12(14)16-18)7-15-13(17)9-5-4-6-10(19-2)11(9)20-3/h4-6,8,18H,7H2,1-3H3,(H2,14,16)(H,15,17). The van der Waals surface area contributed by atoms with Crippen molar-refractivity contribution in [3.63, 3.8) is 0 Å². The molecule has 0 aliphatic rings. The minimum Gasteiger partial charge on any atom is -0.493 e. The van der Waals surface area contributed by atoms with Crippen LogP contribution in [-0.2, 0) is 0 Å². The number of carbonyl (C=O) groups excluding carboxylic acids is 1. The van der Waals surface area contributed by atoms with Gasteiger partial charge in [-0.05, 0) is 12.1 Å². The fourth-order valence-electron chi connectivity index (χ4n) is 1.61.